The van der Waals surface area contributed by atoms with Crippen molar-refractivity contribution in [2.45, 2.75) is 12.6 Å². The molecule has 1 aliphatic rings. The van der Waals surface area contributed by atoms with Gasteiger partial charge in [-0.05, 0) is 23.8 Å². The minimum absolute atomic E-state index is 0.0945. The first-order valence-electron chi connectivity index (χ1n) is 12.2. The number of carbonyl (C=O) groups excluding carboxylic acids is 2. The van der Waals surface area contributed by atoms with Crippen molar-refractivity contribution in [2.75, 3.05) is 25.0 Å². The summed E-state index contributed by atoms with van der Waals surface area (Å²) in [7, 11) is 1.82. The summed E-state index contributed by atoms with van der Waals surface area (Å²) in [6.45, 7) is 0.880. The van der Waals surface area contributed by atoms with E-state index in [0.717, 1.165) is 10.9 Å². The van der Waals surface area contributed by atoms with Crippen LogP contribution in [0.3, 0.4) is 0 Å². The number of ether oxygens (including phenoxy) is 1. The zero-order valence-corrected chi connectivity index (χ0v) is 20.6. The van der Waals surface area contributed by atoms with Gasteiger partial charge in [0.1, 0.15) is 18.3 Å². The van der Waals surface area contributed by atoms with Gasteiger partial charge in [0.2, 0.25) is 17.7 Å². The van der Waals surface area contributed by atoms with Gasteiger partial charge in [0.15, 0.2) is 5.65 Å². The second kappa shape index (κ2) is 9.81. The van der Waals surface area contributed by atoms with E-state index in [4.69, 9.17) is 14.7 Å². The summed E-state index contributed by atoms with van der Waals surface area (Å²) in [5.41, 5.74) is 2.77. The van der Waals surface area contributed by atoms with Crippen LogP contribution in [0.15, 0.2) is 66.9 Å². The number of hydrogen-bond donors (Lipinski definition) is 2. The van der Waals surface area contributed by atoms with Crippen LogP contribution in [0.25, 0.3) is 28.1 Å². The fourth-order valence-corrected chi connectivity index (χ4v) is 4.37. The first kappa shape index (κ1) is 23.4. The van der Waals surface area contributed by atoms with Crippen LogP contribution in [0, 0.1) is 0 Å². The lowest BCUT2D eigenvalue weighted by molar-refractivity contribution is -0.121. The van der Waals surface area contributed by atoms with Crippen LogP contribution in [0.2, 0.25) is 0 Å². The lowest BCUT2D eigenvalue weighted by atomic mass is 10.2. The second-order valence-electron chi connectivity index (χ2n) is 8.97. The first-order chi connectivity index (χ1) is 18.5. The van der Waals surface area contributed by atoms with Crippen molar-refractivity contribution in [3.63, 3.8) is 0 Å². The molecule has 1 aliphatic heterocycles. The number of benzene rings is 2. The molecule has 38 heavy (non-hydrogen) atoms. The first-order valence-corrected chi connectivity index (χ1v) is 12.2. The van der Waals surface area contributed by atoms with Gasteiger partial charge in [-0.15, -0.1) is 5.10 Å². The third-order valence-electron chi connectivity index (χ3n) is 6.29. The molecule has 2 amide bonds. The van der Waals surface area contributed by atoms with Crippen LogP contribution in [0.4, 0.5) is 10.7 Å². The zero-order chi connectivity index (χ0) is 26.1. The van der Waals surface area contributed by atoms with Crippen LogP contribution >= 0.6 is 0 Å². The van der Waals surface area contributed by atoms with E-state index in [1.165, 1.54) is 4.90 Å². The number of carbonyl (C=O) groups is 2. The van der Waals surface area contributed by atoms with Gasteiger partial charge in [0.05, 0.1) is 12.1 Å². The van der Waals surface area contributed by atoms with Gasteiger partial charge in [-0.2, -0.15) is 9.61 Å². The molecule has 0 unspecified atom stereocenters. The minimum Gasteiger partial charge on any atom is -0.445 e. The molecule has 2 N–H and O–H groups in total. The normalized spacial score (nSPS) is 15.9. The van der Waals surface area contributed by atoms with Crippen molar-refractivity contribution in [3.05, 3.63) is 72.4 Å². The maximum atomic E-state index is 13.0. The highest BCUT2D eigenvalue weighted by Crippen LogP contribution is 2.24. The molecule has 0 saturated carbocycles. The topological polar surface area (TPSA) is 132 Å². The van der Waals surface area contributed by atoms with E-state index >= 15 is 0 Å². The average Bonchev–Trinajstić information content (AvgIpc) is 3.53. The quantitative estimate of drug-likeness (QED) is 0.367. The Bertz CT molecular complexity index is 1630. The predicted molar refractivity (Wildman–Crippen MR) is 139 cm³/mol. The van der Waals surface area contributed by atoms with E-state index in [-0.39, 0.29) is 19.1 Å². The summed E-state index contributed by atoms with van der Waals surface area (Å²) < 4.78 is 8.76. The van der Waals surface area contributed by atoms with E-state index in [1.807, 2.05) is 73.9 Å². The molecule has 0 radical (unpaired) electrons. The molecule has 2 aromatic carbocycles. The molecule has 0 bridgehead atoms. The Balaban J connectivity index is 1.30. The Labute approximate surface area is 217 Å². The number of rotatable bonds is 5. The molecule has 1 saturated heterocycles. The van der Waals surface area contributed by atoms with E-state index in [0.29, 0.717) is 41.7 Å². The van der Waals surface area contributed by atoms with Crippen molar-refractivity contribution in [3.8, 4) is 11.5 Å². The highest BCUT2D eigenvalue weighted by molar-refractivity contribution is 5.93. The Morgan fingerprint density at radius 3 is 2.71 bits per heavy atom. The van der Waals surface area contributed by atoms with Crippen molar-refractivity contribution >= 4 is 34.5 Å². The summed E-state index contributed by atoms with van der Waals surface area (Å²) >= 11 is 0. The highest BCUT2D eigenvalue weighted by atomic mass is 16.6. The summed E-state index contributed by atoms with van der Waals surface area (Å²) in [4.78, 5) is 36.8. The number of amides is 2. The van der Waals surface area contributed by atoms with Gasteiger partial charge >= 0.3 is 6.09 Å². The highest BCUT2D eigenvalue weighted by Gasteiger charge is 2.30. The number of fused-ring (bicyclic) bond motifs is 3. The predicted octanol–water partition coefficient (Wildman–Crippen LogP) is 2.23. The second-order valence-corrected chi connectivity index (χ2v) is 8.97. The van der Waals surface area contributed by atoms with Crippen LogP contribution in [0.5, 0.6) is 0 Å². The fraction of sp³-hybridized carbons (Fsp3) is 0.231. The summed E-state index contributed by atoms with van der Waals surface area (Å²) in [5.74, 6) is 0.507. The molecule has 3 aromatic heterocycles. The van der Waals surface area contributed by atoms with Crippen LogP contribution in [0.1, 0.15) is 5.56 Å². The Morgan fingerprint density at radius 2 is 1.89 bits per heavy atom. The number of anilines is 1. The maximum Gasteiger partial charge on any atom is 0.410 e. The van der Waals surface area contributed by atoms with Crippen molar-refractivity contribution in [1.82, 2.24) is 39.6 Å². The van der Waals surface area contributed by atoms with E-state index < -0.39 is 12.1 Å². The van der Waals surface area contributed by atoms with E-state index in [2.05, 4.69) is 20.8 Å². The number of nitrogens with zero attached hydrogens (tertiary/aromatic N) is 7. The lowest BCUT2D eigenvalue weighted by Gasteiger charge is -2.23. The molecule has 1 atom stereocenters. The van der Waals surface area contributed by atoms with Gasteiger partial charge in [-0.1, -0.05) is 42.5 Å². The van der Waals surface area contributed by atoms with E-state index in [9.17, 15) is 9.59 Å². The lowest BCUT2D eigenvalue weighted by Crippen LogP contribution is -2.44. The van der Waals surface area contributed by atoms with E-state index in [1.54, 1.807) is 9.20 Å². The summed E-state index contributed by atoms with van der Waals surface area (Å²) in [6, 6.07) is 18.1. The standard InChI is InChI=1S/C26H25N9O3/c1-33-13-11-20(31-33)22-30-23-18-9-5-6-10-19(18)28-25(35(23)32-22)29-21-15-34(14-12-27-24(21)36)26(37)38-16-17-7-3-2-4-8-17/h2-11,13,21H,12,14-16H2,1H3,(H,27,36)(H,28,29)/t21-/m1/s1. The molecule has 12 heteroatoms. The molecule has 5 aromatic rings. The molecule has 0 aliphatic carbocycles. The Kier molecular flexibility index (Phi) is 6.04. The van der Waals surface area contributed by atoms with Gasteiger partial charge < -0.3 is 20.3 Å². The molecule has 1 fully saturated rings. The molecule has 192 valence electrons. The number of para-hydroxylation sites is 1. The monoisotopic (exact) mass is 511 g/mol. The fourth-order valence-electron chi connectivity index (χ4n) is 4.37. The summed E-state index contributed by atoms with van der Waals surface area (Å²) in [5, 5.41) is 15.9. The van der Waals surface area contributed by atoms with Gasteiger partial charge in [-0.3, -0.25) is 9.48 Å². The zero-order valence-electron chi connectivity index (χ0n) is 20.6. The van der Waals surface area contributed by atoms with Gasteiger partial charge in [0, 0.05) is 31.7 Å². The number of nitrogens with one attached hydrogen (secondary N) is 2. The van der Waals surface area contributed by atoms with Crippen molar-refractivity contribution in [2.24, 2.45) is 7.05 Å². The van der Waals surface area contributed by atoms with Crippen molar-refractivity contribution in [1.29, 1.82) is 0 Å². The molecular formula is C26H25N9O3. The molecule has 12 nitrogen and oxygen atoms in total. The maximum absolute atomic E-state index is 13.0. The molecule has 0 spiro atoms. The number of aryl methyl sites for hydroxylation is 1. The SMILES string of the molecule is Cn1ccc(-c2nc3c4ccccc4nc(N[C@@H]4CN(C(=O)OCc5ccccc5)CCNC4=O)n3n2)n1. The van der Waals surface area contributed by atoms with Crippen LogP contribution in [-0.4, -0.2) is 71.9 Å². The van der Waals surface area contributed by atoms with Crippen LogP contribution < -0.4 is 10.6 Å². The third kappa shape index (κ3) is 4.59. The third-order valence-corrected chi connectivity index (χ3v) is 6.29. The average molecular weight is 512 g/mol. The largest absolute Gasteiger partial charge is 0.445 e. The molecule has 4 heterocycles. The van der Waals surface area contributed by atoms with Crippen LogP contribution in [-0.2, 0) is 23.2 Å². The Hall–Kier alpha value is -5.00. The summed E-state index contributed by atoms with van der Waals surface area (Å²) in [6.07, 6.45) is 1.32. The minimum atomic E-state index is -0.791. The van der Waals surface area contributed by atoms with Gasteiger partial charge in [0.25, 0.3) is 0 Å². The molecular weight excluding hydrogens is 486 g/mol. The van der Waals surface area contributed by atoms with Gasteiger partial charge in [-0.25, -0.2) is 14.8 Å². The van der Waals surface area contributed by atoms with Crippen molar-refractivity contribution < 1.29 is 14.3 Å². The Morgan fingerprint density at radius 1 is 1.08 bits per heavy atom. The smallest absolute Gasteiger partial charge is 0.410 e. The molecule has 6 rings (SSSR count). The number of hydrogen-bond acceptors (Lipinski definition) is 8. The number of aromatic nitrogens is 6.